The van der Waals surface area contributed by atoms with Crippen molar-refractivity contribution in [2.75, 3.05) is 0 Å². The maximum atomic E-state index is 12.0. The van der Waals surface area contributed by atoms with Crippen molar-refractivity contribution in [2.24, 2.45) is 0 Å². The SMILES string of the molecule is CCC(C)NC(=O)c1cccc(-c2nccs2)c1. The third-order valence-corrected chi connectivity index (χ3v) is 3.62. The molecular formula is C14H16N2OS. The Hall–Kier alpha value is -1.68. The number of rotatable bonds is 4. The largest absolute Gasteiger partial charge is 0.350 e. The second-order valence-electron chi connectivity index (χ2n) is 4.20. The molecule has 1 aromatic heterocycles. The lowest BCUT2D eigenvalue weighted by molar-refractivity contribution is 0.0939. The van der Waals surface area contributed by atoms with Gasteiger partial charge >= 0.3 is 0 Å². The van der Waals surface area contributed by atoms with Crippen molar-refractivity contribution in [2.45, 2.75) is 26.3 Å². The molecule has 1 heterocycles. The van der Waals surface area contributed by atoms with E-state index in [1.165, 1.54) is 0 Å². The number of carbonyl (C=O) groups is 1. The van der Waals surface area contributed by atoms with Gasteiger partial charge in [0.15, 0.2) is 0 Å². The van der Waals surface area contributed by atoms with E-state index in [0.29, 0.717) is 5.56 Å². The quantitative estimate of drug-likeness (QED) is 0.916. The first-order valence-electron chi connectivity index (χ1n) is 6.01. The minimum Gasteiger partial charge on any atom is -0.350 e. The molecule has 0 saturated heterocycles. The average Bonchev–Trinajstić information content (AvgIpc) is 2.92. The summed E-state index contributed by atoms with van der Waals surface area (Å²) in [5, 5.41) is 5.83. The highest BCUT2D eigenvalue weighted by atomic mass is 32.1. The van der Waals surface area contributed by atoms with Crippen molar-refractivity contribution in [1.82, 2.24) is 10.3 Å². The Morgan fingerprint density at radius 1 is 1.50 bits per heavy atom. The van der Waals surface area contributed by atoms with E-state index in [2.05, 4.69) is 17.2 Å². The van der Waals surface area contributed by atoms with Crippen LogP contribution < -0.4 is 5.32 Å². The molecule has 1 amide bonds. The molecule has 18 heavy (non-hydrogen) atoms. The molecule has 1 atom stereocenters. The van der Waals surface area contributed by atoms with Gasteiger partial charge in [0.25, 0.3) is 5.91 Å². The van der Waals surface area contributed by atoms with E-state index in [4.69, 9.17) is 0 Å². The van der Waals surface area contributed by atoms with Crippen molar-refractivity contribution in [1.29, 1.82) is 0 Å². The molecule has 0 aliphatic carbocycles. The fourth-order valence-electron chi connectivity index (χ4n) is 1.57. The zero-order valence-electron chi connectivity index (χ0n) is 10.5. The Bertz CT molecular complexity index is 522. The second kappa shape index (κ2) is 5.78. The summed E-state index contributed by atoms with van der Waals surface area (Å²) in [4.78, 5) is 16.3. The van der Waals surface area contributed by atoms with Crippen LogP contribution in [0.4, 0.5) is 0 Å². The van der Waals surface area contributed by atoms with Gasteiger partial charge in [-0.2, -0.15) is 0 Å². The van der Waals surface area contributed by atoms with Crippen molar-refractivity contribution in [3.63, 3.8) is 0 Å². The lowest BCUT2D eigenvalue weighted by atomic mass is 10.1. The molecule has 2 rings (SSSR count). The van der Waals surface area contributed by atoms with Crippen LogP contribution in [-0.4, -0.2) is 16.9 Å². The number of nitrogens with one attached hydrogen (secondary N) is 1. The molecule has 94 valence electrons. The molecule has 0 radical (unpaired) electrons. The van der Waals surface area contributed by atoms with Gasteiger partial charge in [-0.05, 0) is 25.5 Å². The third kappa shape index (κ3) is 2.96. The van der Waals surface area contributed by atoms with Gasteiger partial charge in [-0.3, -0.25) is 4.79 Å². The van der Waals surface area contributed by atoms with E-state index in [9.17, 15) is 4.79 Å². The summed E-state index contributed by atoms with van der Waals surface area (Å²) in [7, 11) is 0. The van der Waals surface area contributed by atoms with Gasteiger partial charge in [-0.1, -0.05) is 19.1 Å². The Balaban J connectivity index is 2.20. The number of thiazole rings is 1. The van der Waals surface area contributed by atoms with Crippen molar-refractivity contribution >= 4 is 17.2 Å². The molecule has 4 heteroatoms. The summed E-state index contributed by atoms with van der Waals surface area (Å²) in [5.41, 5.74) is 1.67. The number of aromatic nitrogens is 1. The Kier molecular flexibility index (Phi) is 4.10. The highest BCUT2D eigenvalue weighted by Gasteiger charge is 2.10. The topological polar surface area (TPSA) is 42.0 Å². The van der Waals surface area contributed by atoms with Crippen LogP contribution in [0.1, 0.15) is 30.6 Å². The normalized spacial score (nSPS) is 12.1. The predicted molar refractivity (Wildman–Crippen MR) is 74.8 cm³/mol. The van der Waals surface area contributed by atoms with E-state index >= 15 is 0 Å². The van der Waals surface area contributed by atoms with E-state index in [-0.39, 0.29) is 11.9 Å². The molecule has 0 fully saturated rings. The zero-order valence-corrected chi connectivity index (χ0v) is 11.3. The van der Waals surface area contributed by atoms with Gasteiger partial charge in [-0.15, -0.1) is 11.3 Å². The van der Waals surface area contributed by atoms with E-state index in [0.717, 1.165) is 17.0 Å². The number of hydrogen-bond donors (Lipinski definition) is 1. The minimum atomic E-state index is -0.0252. The van der Waals surface area contributed by atoms with Gasteiger partial charge in [-0.25, -0.2) is 4.98 Å². The summed E-state index contributed by atoms with van der Waals surface area (Å²) in [5.74, 6) is -0.0252. The lowest BCUT2D eigenvalue weighted by Crippen LogP contribution is -2.31. The maximum absolute atomic E-state index is 12.0. The second-order valence-corrected chi connectivity index (χ2v) is 5.10. The lowest BCUT2D eigenvalue weighted by Gasteiger charge is -2.11. The molecule has 0 spiro atoms. The van der Waals surface area contributed by atoms with Crippen molar-refractivity contribution < 1.29 is 4.79 Å². The van der Waals surface area contributed by atoms with Gasteiger partial charge in [0.1, 0.15) is 5.01 Å². The monoisotopic (exact) mass is 260 g/mol. The molecule has 0 aliphatic rings. The molecule has 1 aromatic carbocycles. The van der Waals surface area contributed by atoms with Gasteiger partial charge in [0.05, 0.1) is 0 Å². The first-order valence-corrected chi connectivity index (χ1v) is 6.89. The Morgan fingerprint density at radius 3 is 3.00 bits per heavy atom. The first kappa shape index (κ1) is 12.8. The number of benzene rings is 1. The van der Waals surface area contributed by atoms with Crippen LogP contribution in [0.5, 0.6) is 0 Å². The third-order valence-electron chi connectivity index (χ3n) is 2.79. The van der Waals surface area contributed by atoms with Crippen LogP contribution in [0.3, 0.4) is 0 Å². The number of amides is 1. The number of carbonyl (C=O) groups excluding carboxylic acids is 1. The van der Waals surface area contributed by atoms with Crippen LogP contribution in [-0.2, 0) is 0 Å². The van der Waals surface area contributed by atoms with Crippen LogP contribution in [0.25, 0.3) is 10.6 Å². The molecule has 0 bridgehead atoms. The van der Waals surface area contributed by atoms with E-state index < -0.39 is 0 Å². The Labute approximate surface area is 111 Å². The van der Waals surface area contributed by atoms with Crippen LogP contribution in [0.2, 0.25) is 0 Å². The molecule has 1 N–H and O–H groups in total. The highest BCUT2D eigenvalue weighted by Crippen LogP contribution is 2.22. The molecule has 0 saturated carbocycles. The average molecular weight is 260 g/mol. The summed E-state index contributed by atoms with van der Waals surface area (Å²) >= 11 is 1.57. The summed E-state index contributed by atoms with van der Waals surface area (Å²) in [6.07, 6.45) is 2.70. The highest BCUT2D eigenvalue weighted by molar-refractivity contribution is 7.13. The van der Waals surface area contributed by atoms with Crippen molar-refractivity contribution in [3.8, 4) is 10.6 Å². The van der Waals surface area contributed by atoms with Crippen molar-refractivity contribution in [3.05, 3.63) is 41.4 Å². The smallest absolute Gasteiger partial charge is 0.251 e. The molecule has 2 aromatic rings. The predicted octanol–water partition coefficient (Wildman–Crippen LogP) is 3.34. The Morgan fingerprint density at radius 2 is 2.33 bits per heavy atom. The maximum Gasteiger partial charge on any atom is 0.251 e. The van der Waals surface area contributed by atoms with Crippen LogP contribution in [0, 0.1) is 0 Å². The first-order chi connectivity index (χ1) is 8.70. The van der Waals surface area contributed by atoms with Crippen LogP contribution in [0.15, 0.2) is 35.8 Å². The van der Waals surface area contributed by atoms with E-state index in [1.54, 1.807) is 17.5 Å². The number of hydrogen-bond acceptors (Lipinski definition) is 3. The fraction of sp³-hybridized carbons (Fsp3) is 0.286. The van der Waals surface area contributed by atoms with Gasteiger partial charge in [0, 0.05) is 28.7 Å². The van der Waals surface area contributed by atoms with E-state index in [1.807, 2.05) is 36.6 Å². The summed E-state index contributed by atoms with van der Waals surface area (Å²) in [6.45, 7) is 4.06. The van der Waals surface area contributed by atoms with Gasteiger partial charge < -0.3 is 5.32 Å². The summed E-state index contributed by atoms with van der Waals surface area (Å²) in [6, 6.07) is 7.77. The van der Waals surface area contributed by atoms with Gasteiger partial charge in [0.2, 0.25) is 0 Å². The summed E-state index contributed by atoms with van der Waals surface area (Å²) < 4.78 is 0. The molecule has 0 aliphatic heterocycles. The number of nitrogens with zero attached hydrogens (tertiary/aromatic N) is 1. The minimum absolute atomic E-state index is 0.0252. The molecule has 1 unspecified atom stereocenters. The fourth-order valence-corrected chi connectivity index (χ4v) is 2.20. The van der Waals surface area contributed by atoms with Crippen LogP contribution >= 0.6 is 11.3 Å². The zero-order chi connectivity index (χ0) is 13.0. The molecule has 3 nitrogen and oxygen atoms in total. The molecular weight excluding hydrogens is 244 g/mol. The standard InChI is InChI=1S/C14H16N2OS/c1-3-10(2)16-13(17)11-5-4-6-12(9-11)14-15-7-8-18-14/h4-10H,3H2,1-2H3,(H,16,17).